The monoisotopic (exact) mass is 437 g/mol. The highest BCUT2D eigenvalue weighted by Gasteiger charge is 2.35. The van der Waals surface area contributed by atoms with Gasteiger partial charge >= 0.3 is 6.18 Å². The first-order chi connectivity index (χ1) is 14.1. The number of halogens is 3. The molecule has 30 heavy (non-hydrogen) atoms. The van der Waals surface area contributed by atoms with E-state index in [1.165, 1.54) is 32.0 Å². The highest BCUT2D eigenvalue weighted by Crippen LogP contribution is 2.38. The van der Waals surface area contributed by atoms with E-state index < -0.39 is 23.2 Å². The SMILES string of the molecule is CC(=O)c1cc2c(cc1NC(=O)CSc1nc(C)cc(C(F)(F)F)c1C#N)OCO2. The third-order valence-electron chi connectivity index (χ3n) is 4.04. The number of thioether (sulfide) groups is 1. The summed E-state index contributed by atoms with van der Waals surface area (Å²) in [5.41, 5.74) is -1.29. The number of pyridine rings is 1. The Morgan fingerprint density at radius 1 is 1.27 bits per heavy atom. The van der Waals surface area contributed by atoms with Crippen molar-refractivity contribution >= 4 is 29.1 Å². The summed E-state index contributed by atoms with van der Waals surface area (Å²) in [6, 6.07) is 5.18. The Hall–Kier alpha value is -3.26. The molecule has 1 aliphatic rings. The first-order valence-electron chi connectivity index (χ1n) is 8.46. The van der Waals surface area contributed by atoms with Crippen LogP contribution in [0.1, 0.15) is 34.1 Å². The number of ether oxygens (including phenoxy) is 2. The Morgan fingerprint density at radius 3 is 2.53 bits per heavy atom. The van der Waals surface area contributed by atoms with E-state index in [4.69, 9.17) is 9.47 Å². The summed E-state index contributed by atoms with van der Waals surface area (Å²) >= 11 is 0.697. The zero-order valence-corrected chi connectivity index (χ0v) is 16.5. The van der Waals surface area contributed by atoms with Crippen LogP contribution in [0.3, 0.4) is 0 Å². The maximum atomic E-state index is 13.2. The van der Waals surface area contributed by atoms with Gasteiger partial charge in [-0.05, 0) is 26.0 Å². The lowest BCUT2D eigenvalue weighted by molar-refractivity contribution is -0.138. The predicted octanol–water partition coefficient (Wildman–Crippen LogP) is 3.94. The summed E-state index contributed by atoms with van der Waals surface area (Å²) in [6.45, 7) is 2.67. The number of hydrogen-bond acceptors (Lipinski definition) is 7. The largest absolute Gasteiger partial charge is 0.454 e. The van der Waals surface area contributed by atoms with Crippen molar-refractivity contribution in [1.82, 2.24) is 4.98 Å². The quantitative estimate of drug-likeness (QED) is 0.558. The van der Waals surface area contributed by atoms with E-state index >= 15 is 0 Å². The molecule has 0 radical (unpaired) electrons. The number of aromatic nitrogens is 1. The Bertz CT molecular complexity index is 1080. The van der Waals surface area contributed by atoms with Crippen LogP contribution in [0.15, 0.2) is 23.2 Å². The van der Waals surface area contributed by atoms with Gasteiger partial charge in [0.05, 0.1) is 22.6 Å². The molecule has 0 saturated heterocycles. The minimum Gasteiger partial charge on any atom is -0.454 e. The zero-order valence-electron chi connectivity index (χ0n) is 15.7. The smallest absolute Gasteiger partial charge is 0.417 e. The van der Waals surface area contributed by atoms with Gasteiger partial charge in [-0.25, -0.2) is 4.98 Å². The molecule has 0 atom stereocenters. The highest BCUT2D eigenvalue weighted by atomic mass is 32.2. The van der Waals surface area contributed by atoms with E-state index in [0.717, 1.165) is 6.07 Å². The molecule has 3 rings (SSSR count). The lowest BCUT2D eigenvalue weighted by atomic mass is 10.1. The number of nitrogens with zero attached hydrogens (tertiary/aromatic N) is 2. The predicted molar refractivity (Wildman–Crippen MR) is 101 cm³/mol. The summed E-state index contributed by atoms with van der Waals surface area (Å²) in [5.74, 6) is -0.520. The van der Waals surface area contributed by atoms with Crippen LogP contribution in [-0.4, -0.2) is 29.2 Å². The third-order valence-corrected chi connectivity index (χ3v) is 5.01. The number of benzene rings is 1. The van der Waals surface area contributed by atoms with Crippen molar-refractivity contribution in [3.63, 3.8) is 0 Å². The van der Waals surface area contributed by atoms with Gasteiger partial charge in [-0.3, -0.25) is 9.59 Å². The standard InChI is InChI=1S/C19H14F3N3O4S/c1-9-3-13(19(20,21)22)12(6-23)18(24-9)30-7-17(27)25-14-5-16-15(28-8-29-16)4-11(14)10(2)26/h3-5H,7-8H2,1-2H3,(H,25,27). The van der Waals surface area contributed by atoms with Gasteiger partial charge < -0.3 is 14.8 Å². The van der Waals surface area contributed by atoms with E-state index in [-0.39, 0.29) is 40.3 Å². The van der Waals surface area contributed by atoms with E-state index in [9.17, 15) is 28.0 Å². The van der Waals surface area contributed by atoms with Gasteiger partial charge in [0.1, 0.15) is 11.1 Å². The molecule has 1 amide bonds. The maximum absolute atomic E-state index is 13.2. The lowest BCUT2D eigenvalue weighted by Crippen LogP contribution is -2.17. The first kappa shape index (κ1) is 21.4. The van der Waals surface area contributed by atoms with Crippen molar-refractivity contribution in [3.8, 4) is 17.6 Å². The molecule has 0 unspecified atom stereocenters. The van der Waals surface area contributed by atoms with Crippen LogP contribution in [0, 0.1) is 18.3 Å². The van der Waals surface area contributed by atoms with Gasteiger partial charge in [0.15, 0.2) is 17.3 Å². The molecule has 11 heteroatoms. The Balaban J connectivity index is 1.80. The van der Waals surface area contributed by atoms with Crippen LogP contribution in [0.4, 0.5) is 18.9 Å². The summed E-state index contributed by atoms with van der Waals surface area (Å²) in [4.78, 5) is 28.2. The number of nitriles is 1. The topological polar surface area (TPSA) is 101 Å². The molecule has 0 saturated carbocycles. The van der Waals surface area contributed by atoms with Crippen LogP contribution in [-0.2, 0) is 11.0 Å². The number of rotatable bonds is 5. The van der Waals surface area contributed by atoms with Crippen molar-refractivity contribution in [2.24, 2.45) is 0 Å². The van der Waals surface area contributed by atoms with E-state index in [1.807, 2.05) is 0 Å². The van der Waals surface area contributed by atoms with Crippen molar-refractivity contribution < 1.29 is 32.2 Å². The summed E-state index contributed by atoms with van der Waals surface area (Å²) in [6.07, 6.45) is -4.72. The van der Waals surface area contributed by atoms with Crippen LogP contribution in [0.2, 0.25) is 0 Å². The molecule has 2 heterocycles. The number of fused-ring (bicyclic) bond motifs is 1. The van der Waals surface area contributed by atoms with Crippen molar-refractivity contribution in [2.75, 3.05) is 17.9 Å². The second kappa shape index (κ2) is 8.23. The molecular weight excluding hydrogens is 423 g/mol. The van der Waals surface area contributed by atoms with Crippen LogP contribution >= 0.6 is 11.8 Å². The van der Waals surface area contributed by atoms with Gasteiger partial charge in [-0.2, -0.15) is 18.4 Å². The minimum atomic E-state index is -4.72. The highest BCUT2D eigenvalue weighted by molar-refractivity contribution is 8.00. The van der Waals surface area contributed by atoms with Gasteiger partial charge in [0.2, 0.25) is 12.7 Å². The number of ketones is 1. The molecule has 0 bridgehead atoms. The van der Waals surface area contributed by atoms with Crippen LogP contribution in [0.5, 0.6) is 11.5 Å². The molecule has 2 aromatic rings. The van der Waals surface area contributed by atoms with Gasteiger partial charge in [-0.15, -0.1) is 0 Å². The average molecular weight is 437 g/mol. The molecule has 0 spiro atoms. The molecule has 0 fully saturated rings. The lowest BCUT2D eigenvalue weighted by Gasteiger charge is -2.13. The Morgan fingerprint density at radius 2 is 1.93 bits per heavy atom. The first-order valence-corrected chi connectivity index (χ1v) is 9.45. The summed E-state index contributed by atoms with van der Waals surface area (Å²) in [5, 5.41) is 11.5. The summed E-state index contributed by atoms with van der Waals surface area (Å²) < 4.78 is 50.0. The zero-order chi connectivity index (χ0) is 22.1. The van der Waals surface area contributed by atoms with Gasteiger partial charge in [0, 0.05) is 17.3 Å². The molecule has 0 aliphatic carbocycles. The summed E-state index contributed by atoms with van der Waals surface area (Å²) in [7, 11) is 0. The number of hydrogen-bond donors (Lipinski definition) is 1. The Kier molecular flexibility index (Phi) is 5.89. The minimum absolute atomic E-state index is 0.0164. The molecule has 1 aromatic carbocycles. The number of anilines is 1. The molecule has 1 aliphatic heterocycles. The fourth-order valence-corrected chi connectivity index (χ4v) is 3.59. The molecule has 156 valence electrons. The van der Waals surface area contributed by atoms with Gasteiger partial charge in [-0.1, -0.05) is 11.8 Å². The number of aryl methyl sites for hydroxylation is 1. The van der Waals surface area contributed by atoms with Crippen LogP contribution in [0.25, 0.3) is 0 Å². The second-order valence-electron chi connectivity index (χ2n) is 6.25. The molecule has 1 N–H and O–H groups in total. The average Bonchev–Trinajstić information content (AvgIpc) is 3.11. The van der Waals surface area contributed by atoms with E-state index in [0.29, 0.717) is 23.3 Å². The number of carbonyl (C=O) groups is 2. The fraction of sp³-hybridized carbons (Fsp3) is 0.263. The number of Topliss-reactive ketones (excluding diaryl/α,β-unsaturated/α-hetero) is 1. The second-order valence-corrected chi connectivity index (χ2v) is 7.21. The number of nitrogens with one attached hydrogen (secondary N) is 1. The van der Waals surface area contributed by atoms with E-state index in [1.54, 1.807) is 0 Å². The molecule has 1 aromatic heterocycles. The number of alkyl halides is 3. The van der Waals surface area contributed by atoms with Crippen LogP contribution < -0.4 is 14.8 Å². The molecular formula is C19H14F3N3O4S. The fourth-order valence-electron chi connectivity index (χ4n) is 2.74. The van der Waals surface area contributed by atoms with Crippen molar-refractivity contribution in [2.45, 2.75) is 25.0 Å². The van der Waals surface area contributed by atoms with Crippen molar-refractivity contribution in [3.05, 3.63) is 40.6 Å². The number of amides is 1. The van der Waals surface area contributed by atoms with E-state index in [2.05, 4.69) is 10.3 Å². The van der Waals surface area contributed by atoms with Crippen molar-refractivity contribution in [1.29, 1.82) is 5.26 Å². The normalized spacial score (nSPS) is 12.4. The Labute approximate surface area is 173 Å². The van der Waals surface area contributed by atoms with Gasteiger partial charge in [0.25, 0.3) is 0 Å². The third kappa shape index (κ3) is 4.49. The maximum Gasteiger partial charge on any atom is 0.417 e. The number of carbonyl (C=O) groups excluding carboxylic acids is 2. The molecule has 7 nitrogen and oxygen atoms in total.